The van der Waals surface area contributed by atoms with Crippen molar-refractivity contribution in [3.05, 3.63) is 70.2 Å². The molecule has 0 radical (unpaired) electrons. The molecule has 1 saturated carbocycles. The standard InChI is InChI=1S/C25H31ClN4O/c1-2-27-24(29-18-25(11-12-25)21-8-4-9-22(26)15-21)28-16-19-6-3-7-20(14-19)17-30-13-5-10-23(30)31/h3-4,6-9,14-15H,2,5,10-13,16-18H2,1H3,(H2,27,28,29). The summed E-state index contributed by atoms with van der Waals surface area (Å²) in [6.45, 7) is 5.89. The summed E-state index contributed by atoms with van der Waals surface area (Å²) < 4.78 is 0. The molecule has 1 saturated heterocycles. The number of hydrogen-bond acceptors (Lipinski definition) is 2. The molecule has 1 amide bonds. The van der Waals surface area contributed by atoms with Gasteiger partial charge < -0.3 is 15.5 Å². The van der Waals surface area contributed by atoms with Gasteiger partial charge in [0.15, 0.2) is 5.96 Å². The van der Waals surface area contributed by atoms with E-state index in [1.807, 2.05) is 17.0 Å². The third kappa shape index (κ3) is 5.59. The lowest BCUT2D eigenvalue weighted by Gasteiger charge is -2.19. The van der Waals surface area contributed by atoms with E-state index in [-0.39, 0.29) is 11.3 Å². The minimum Gasteiger partial charge on any atom is -0.357 e. The van der Waals surface area contributed by atoms with Gasteiger partial charge in [-0.2, -0.15) is 0 Å². The van der Waals surface area contributed by atoms with E-state index in [9.17, 15) is 4.79 Å². The Morgan fingerprint density at radius 3 is 2.65 bits per heavy atom. The van der Waals surface area contributed by atoms with Gasteiger partial charge in [0, 0.05) is 43.0 Å². The quantitative estimate of drug-likeness (QED) is 0.478. The Balaban J connectivity index is 1.38. The highest BCUT2D eigenvalue weighted by molar-refractivity contribution is 6.30. The maximum absolute atomic E-state index is 11.9. The van der Waals surface area contributed by atoms with E-state index in [1.54, 1.807) is 0 Å². The molecule has 1 aliphatic heterocycles. The van der Waals surface area contributed by atoms with Crippen LogP contribution in [0.5, 0.6) is 0 Å². The van der Waals surface area contributed by atoms with Crippen molar-refractivity contribution in [3.8, 4) is 0 Å². The highest BCUT2D eigenvalue weighted by Gasteiger charge is 2.44. The fraction of sp³-hybridized carbons (Fsp3) is 0.440. The third-order valence-corrected chi connectivity index (χ3v) is 6.42. The molecule has 0 atom stereocenters. The van der Waals surface area contributed by atoms with E-state index in [1.165, 1.54) is 11.1 Å². The number of aliphatic imine (C=N–C) groups is 1. The summed E-state index contributed by atoms with van der Waals surface area (Å²) in [5, 5.41) is 7.68. The summed E-state index contributed by atoms with van der Waals surface area (Å²) in [5.41, 5.74) is 3.77. The molecule has 1 aliphatic carbocycles. The second-order valence-electron chi connectivity index (χ2n) is 8.58. The number of nitrogens with one attached hydrogen (secondary N) is 2. The number of guanidine groups is 1. The van der Waals surface area contributed by atoms with Gasteiger partial charge in [-0.25, -0.2) is 4.99 Å². The predicted octanol–water partition coefficient (Wildman–Crippen LogP) is 4.25. The van der Waals surface area contributed by atoms with Gasteiger partial charge in [-0.1, -0.05) is 48.0 Å². The zero-order chi connectivity index (χ0) is 21.7. The van der Waals surface area contributed by atoms with Crippen molar-refractivity contribution < 1.29 is 4.79 Å². The molecule has 31 heavy (non-hydrogen) atoms. The van der Waals surface area contributed by atoms with E-state index < -0.39 is 0 Å². The average Bonchev–Trinajstić information content (AvgIpc) is 3.47. The molecule has 0 spiro atoms. The van der Waals surface area contributed by atoms with Gasteiger partial charge in [-0.15, -0.1) is 0 Å². The maximum atomic E-state index is 11.9. The first-order valence-corrected chi connectivity index (χ1v) is 11.6. The molecular weight excluding hydrogens is 408 g/mol. The van der Waals surface area contributed by atoms with Crippen molar-refractivity contribution in [2.45, 2.75) is 51.1 Å². The van der Waals surface area contributed by atoms with Gasteiger partial charge in [-0.3, -0.25) is 4.79 Å². The van der Waals surface area contributed by atoms with Gasteiger partial charge in [-0.05, 0) is 55.0 Å². The topological polar surface area (TPSA) is 56.7 Å². The van der Waals surface area contributed by atoms with Gasteiger partial charge in [0.25, 0.3) is 0 Å². The first-order chi connectivity index (χ1) is 15.1. The molecule has 0 aromatic heterocycles. The van der Waals surface area contributed by atoms with Crippen LogP contribution in [0.4, 0.5) is 0 Å². The highest BCUT2D eigenvalue weighted by Crippen LogP contribution is 2.48. The summed E-state index contributed by atoms with van der Waals surface area (Å²) in [7, 11) is 0. The molecule has 2 aromatic carbocycles. The Morgan fingerprint density at radius 2 is 1.94 bits per heavy atom. The molecule has 164 valence electrons. The van der Waals surface area contributed by atoms with Crippen molar-refractivity contribution in [1.29, 1.82) is 0 Å². The number of hydrogen-bond donors (Lipinski definition) is 2. The number of rotatable bonds is 8. The molecule has 5 nitrogen and oxygen atoms in total. The van der Waals surface area contributed by atoms with E-state index in [0.717, 1.165) is 55.4 Å². The van der Waals surface area contributed by atoms with E-state index >= 15 is 0 Å². The first kappa shape index (κ1) is 21.7. The molecule has 0 bridgehead atoms. The molecule has 2 fully saturated rings. The van der Waals surface area contributed by atoms with Crippen molar-refractivity contribution in [1.82, 2.24) is 15.5 Å². The van der Waals surface area contributed by atoms with Crippen molar-refractivity contribution in [3.63, 3.8) is 0 Å². The lowest BCUT2D eigenvalue weighted by atomic mass is 9.96. The predicted molar refractivity (Wildman–Crippen MR) is 126 cm³/mol. The van der Waals surface area contributed by atoms with Crippen LogP contribution in [-0.4, -0.2) is 36.4 Å². The largest absolute Gasteiger partial charge is 0.357 e. The van der Waals surface area contributed by atoms with Gasteiger partial charge in [0.1, 0.15) is 0 Å². The number of carbonyl (C=O) groups excluding carboxylic acids is 1. The number of nitrogens with zero attached hydrogens (tertiary/aromatic N) is 2. The van der Waals surface area contributed by atoms with E-state index in [0.29, 0.717) is 19.5 Å². The lowest BCUT2D eigenvalue weighted by Crippen LogP contribution is -2.41. The van der Waals surface area contributed by atoms with Crippen molar-refractivity contribution >= 4 is 23.5 Å². The highest BCUT2D eigenvalue weighted by atomic mass is 35.5. The Kier molecular flexibility index (Phi) is 6.81. The first-order valence-electron chi connectivity index (χ1n) is 11.2. The van der Waals surface area contributed by atoms with E-state index in [2.05, 4.69) is 54.0 Å². The normalized spacial score (nSPS) is 17.7. The van der Waals surface area contributed by atoms with Crippen molar-refractivity contribution in [2.75, 3.05) is 19.6 Å². The number of likely N-dealkylation sites (tertiary alicyclic amines) is 1. The zero-order valence-electron chi connectivity index (χ0n) is 18.2. The van der Waals surface area contributed by atoms with Crippen LogP contribution in [0.25, 0.3) is 0 Å². The van der Waals surface area contributed by atoms with Crippen LogP contribution in [0.1, 0.15) is 49.3 Å². The Hall–Kier alpha value is -2.53. The third-order valence-electron chi connectivity index (χ3n) is 6.18. The second-order valence-corrected chi connectivity index (χ2v) is 9.01. The number of halogens is 1. The van der Waals surface area contributed by atoms with Crippen LogP contribution in [0, 0.1) is 0 Å². The lowest BCUT2D eigenvalue weighted by molar-refractivity contribution is -0.128. The SMILES string of the molecule is CCNC(=NCc1cccc(CN2CCCC2=O)c1)NCC1(c2cccc(Cl)c2)CC1. The monoisotopic (exact) mass is 438 g/mol. The summed E-state index contributed by atoms with van der Waals surface area (Å²) in [5.74, 6) is 1.09. The second kappa shape index (κ2) is 9.73. The minimum atomic E-state index is 0.156. The van der Waals surface area contributed by atoms with Gasteiger partial charge in [0.05, 0.1) is 6.54 Å². The van der Waals surface area contributed by atoms with Crippen LogP contribution in [0.15, 0.2) is 53.5 Å². The minimum absolute atomic E-state index is 0.156. The molecule has 6 heteroatoms. The number of benzene rings is 2. The fourth-order valence-corrected chi connectivity index (χ4v) is 4.41. The van der Waals surface area contributed by atoms with Crippen LogP contribution in [0.3, 0.4) is 0 Å². The Bertz CT molecular complexity index is 954. The summed E-state index contributed by atoms with van der Waals surface area (Å²) in [4.78, 5) is 18.7. The smallest absolute Gasteiger partial charge is 0.222 e. The zero-order valence-corrected chi connectivity index (χ0v) is 18.9. The van der Waals surface area contributed by atoms with Crippen LogP contribution in [-0.2, 0) is 23.3 Å². The molecule has 2 N–H and O–H groups in total. The van der Waals surface area contributed by atoms with Crippen LogP contribution >= 0.6 is 11.6 Å². The maximum Gasteiger partial charge on any atom is 0.222 e. The molecule has 0 unspecified atom stereocenters. The van der Waals surface area contributed by atoms with Crippen LogP contribution < -0.4 is 10.6 Å². The van der Waals surface area contributed by atoms with E-state index in [4.69, 9.17) is 16.6 Å². The Labute approximate surface area is 189 Å². The molecule has 4 rings (SSSR count). The molecular formula is C25H31ClN4O. The van der Waals surface area contributed by atoms with Crippen molar-refractivity contribution in [2.24, 2.45) is 4.99 Å². The molecule has 1 heterocycles. The number of amides is 1. The molecule has 2 aliphatic rings. The fourth-order valence-electron chi connectivity index (χ4n) is 4.22. The van der Waals surface area contributed by atoms with Crippen LogP contribution in [0.2, 0.25) is 5.02 Å². The number of carbonyl (C=O) groups is 1. The molecule has 2 aromatic rings. The summed E-state index contributed by atoms with van der Waals surface area (Å²) in [6.07, 6.45) is 3.98. The van der Waals surface area contributed by atoms with Gasteiger partial charge in [0.2, 0.25) is 5.91 Å². The van der Waals surface area contributed by atoms with Gasteiger partial charge >= 0.3 is 0 Å². The summed E-state index contributed by atoms with van der Waals surface area (Å²) in [6, 6.07) is 16.6. The summed E-state index contributed by atoms with van der Waals surface area (Å²) >= 11 is 6.20. The Morgan fingerprint density at radius 1 is 1.13 bits per heavy atom. The average molecular weight is 439 g/mol.